The average Bonchev–Trinajstić information content (AvgIpc) is 2.51. The van der Waals surface area contributed by atoms with Gasteiger partial charge in [-0.2, -0.15) is 0 Å². The third-order valence-electron chi connectivity index (χ3n) is 3.53. The molecule has 0 aromatic heterocycles. The molecule has 0 bridgehead atoms. The van der Waals surface area contributed by atoms with Crippen LogP contribution in [0.4, 0.5) is 10.1 Å². The van der Waals surface area contributed by atoms with Gasteiger partial charge >= 0.3 is 0 Å². The van der Waals surface area contributed by atoms with E-state index in [4.69, 9.17) is 11.6 Å². The molecule has 2 aromatic rings. The van der Waals surface area contributed by atoms with E-state index in [2.05, 4.69) is 24.5 Å². The van der Waals surface area contributed by atoms with Gasteiger partial charge in [-0.1, -0.05) is 49.7 Å². The molecule has 1 amide bonds. The Kier molecular flexibility index (Phi) is 6.13. The van der Waals surface area contributed by atoms with Crippen LogP contribution >= 0.6 is 11.6 Å². The van der Waals surface area contributed by atoms with Crippen molar-refractivity contribution in [1.29, 1.82) is 0 Å². The summed E-state index contributed by atoms with van der Waals surface area (Å²) in [6.45, 7) is 4.24. The number of para-hydroxylation sites is 1. The number of carbonyl (C=O) groups is 1. The molecule has 0 saturated carbocycles. The molecule has 0 fully saturated rings. The lowest BCUT2D eigenvalue weighted by molar-refractivity contribution is -0.115. The van der Waals surface area contributed by atoms with Crippen molar-refractivity contribution in [3.63, 3.8) is 0 Å². The van der Waals surface area contributed by atoms with Crippen molar-refractivity contribution in [2.75, 3.05) is 11.9 Å². The summed E-state index contributed by atoms with van der Waals surface area (Å²) in [6, 6.07) is 13.7. The molecule has 5 heteroatoms. The van der Waals surface area contributed by atoms with Crippen LogP contribution in [0.5, 0.6) is 0 Å². The maximum atomic E-state index is 13.5. The molecule has 0 aliphatic rings. The van der Waals surface area contributed by atoms with Crippen molar-refractivity contribution in [2.45, 2.75) is 19.9 Å². The minimum Gasteiger partial charge on any atom is -0.322 e. The van der Waals surface area contributed by atoms with E-state index in [0.717, 1.165) is 5.56 Å². The molecule has 2 N–H and O–H groups in total. The smallest absolute Gasteiger partial charge is 0.238 e. The first-order valence-corrected chi connectivity index (χ1v) is 7.88. The number of nitrogens with one attached hydrogen (secondary N) is 2. The van der Waals surface area contributed by atoms with Crippen molar-refractivity contribution >= 4 is 23.2 Å². The fourth-order valence-electron chi connectivity index (χ4n) is 2.37. The van der Waals surface area contributed by atoms with Gasteiger partial charge in [0.15, 0.2) is 0 Å². The Bertz CT molecular complexity index is 658. The Morgan fingerprint density at radius 1 is 1.13 bits per heavy atom. The van der Waals surface area contributed by atoms with Gasteiger partial charge in [0.25, 0.3) is 0 Å². The van der Waals surface area contributed by atoms with Crippen molar-refractivity contribution < 1.29 is 9.18 Å². The molecule has 23 heavy (non-hydrogen) atoms. The average molecular weight is 335 g/mol. The van der Waals surface area contributed by atoms with E-state index in [0.29, 0.717) is 5.02 Å². The summed E-state index contributed by atoms with van der Waals surface area (Å²) in [5.74, 6) is -0.439. The molecular weight excluding hydrogens is 315 g/mol. The lowest BCUT2D eigenvalue weighted by Gasteiger charge is -2.23. The number of hydrogen-bond acceptors (Lipinski definition) is 2. The highest BCUT2D eigenvalue weighted by molar-refractivity contribution is 6.30. The summed E-state index contributed by atoms with van der Waals surface area (Å²) >= 11 is 5.91. The quantitative estimate of drug-likeness (QED) is 0.821. The number of benzene rings is 2. The third-order valence-corrected chi connectivity index (χ3v) is 3.78. The molecule has 0 aliphatic carbocycles. The molecule has 0 unspecified atom stereocenters. The fourth-order valence-corrected chi connectivity index (χ4v) is 2.49. The summed E-state index contributed by atoms with van der Waals surface area (Å²) < 4.78 is 13.5. The molecule has 1 atom stereocenters. The van der Waals surface area contributed by atoms with Gasteiger partial charge in [-0.25, -0.2) is 4.39 Å². The Hall–Kier alpha value is -1.91. The first-order chi connectivity index (χ1) is 11.0. The molecule has 0 radical (unpaired) electrons. The number of hydrogen-bond donors (Lipinski definition) is 2. The molecule has 0 spiro atoms. The highest BCUT2D eigenvalue weighted by Gasteiger charge is 2.17. The number of anilines is 1. The second kappa shape index (κ2) is 8.09. The van der Waals surface area contributed by atoms with E-state index in [1.165, 1.54) is 12.1 Å². The highest BCUT2D eigenvalue weighted by atomic mass is 35.5. The number of amides is 1. The lowest BCUT2D eigenvalue weighted by Crippen LogP contribution is -2.33. The van der Waals surface area contributed by atoms with Gasteiger partial charge in [-0.3, -0.25) is 4.79 Å². The monoisotopic (exact) mass is 334 g/mol. The second-order valence-corrected chi connectivity index (χ2v) is 6.12. The number of carbonyl (C=O) groups excluding carboxylic acids is 1. The zero-order valence-electron chi connectivity index (χ0n) is 13.1. The normalized spacial score (nSPS) is 12.2. The van der Waals surface area contributed by atoms with Gasteiger partial charge in [0.1, 0.15) is 5.82 Å². The molecule has 0 heterocycles. The van der Waals surface area contributed by atoms with Crippen molar-refractivity contribution in [2.24, 2.45) is 5.92 Å². The van der Waals surface area contributed by atoms with Gasteiger partial charge in [-0.15, -0.1) is 0 Å². The zero-order valence-corrected chi connectivity index (χ0v) is 13.9. The van der Waals surface area contributed by atoms with Crippen LogP contribution in [0.1, 0.15) is 25.5 Å². The van der Waals surface area contributed by atoms with Gasteiger partial charge in [-0.05, 0) is 35.7 Å². The van der Waals surface area contributed by atoms with Gasteiger partial charge in [0.05, 0.1) is 12.2 Å². The first-order valence-electron chi connectivity index (χ1n) is 7.50. The first kappa shape index (κ1) is 17.4. The SMILES string of the molecule is CC(C)[C@@H](NCC(=O)Nc1ccccc1F)c1ccc(Cl)cc1. The van der Waals surface area contributed by atoms with E-state index >= 15 is 0 Å². The summed E-state index contributed by atoms with van der Waals surface area (Å²) in [5, 5.41) is 6.46. The van der Waals surface area contributed by atoms with Gasteiger partial charge < -0.3 is 10.6 Å². The van der Waals surface area contributed by atoms with Gasteiger partial charge in [0.2, 0.25) is 5.91 Å². The van der Waals surface area contributed by atoms with Crippen LogP contribution in [-0.4, -0.2) is 12.5 Å². The predicted molar refractivity (Wildman–Crippen MR) is 92.1 cm³/mol. The Balaban J connectivity index is 1.97. The van der Waals surface area contributed by atoms with Crippen molar-refractivity contribution in [3.8, 4) is 0 Å². The Morgan fingerprint density at radius 2 is 1.78 bits per heavy atom. The van der Waals surface area contributed by atoms with E-state index in [1.54, 1.807) is 12.1 Å². The number of rotatable bonds is 6. The van der Waals surface area contributed by atoms with Crippen LogP contribution in [0.15, 0.2) is 48.5 Å². The minimum atomic E-state index is -0.445. The lowest BCUT2D eigenvalue weighted by atomic mass is 9.96. The highest BCUT2D eigenvalue weighted by Crippen LogP contribution is 2.23. The molecule has 122 valence electrons. The molecule has 2 rings (SSSR count). The summed E-state index contributed by atoms with van der Waals surface area (Å²) in [7, 11) is 0. The van der Waals surface area contributed by atoms with E-state index in [1.807, 2.05) is 24.3 Å². The molecular formula is C18H20ClFN2O. The van der Waals surface area contributed by atoms with Crippen LogP contribution in [0, 0.1) is 11.7 Å². The summed E-state index contributed by atoms with van der Waals surface area (Å²) in [4.78, 5) is 12.0. The zero-order chi connectivity index (χ0) is 16.8. The van der Waals surface area contributed by atoms with Crippen LogP contribution in [0.3, 0.4) is 0 Å². The van der Waals surface area contributed by atoms with Crippen LogP contribution in [0.2, 0.25) is 5.02 Å². The van der Waals surface area contributed by atoms with Crippen LogP contribution in [-0.2, 0) is 4.79 Å². The van der Waals surface area contributed by atoms with E-state index < -0.39 is 5.82 Å². The van der Waals surface area contributed by atoms with Crippen molar-refractivity contribution in [3.05, 3.63) is 64.9 Å². The van der Waals surface area contributed by atoms with E-state index in [-0.39, 0.29) is 30.1 Å². The largest absolute Gasteiger partial charge is 0.322 e. The second-order valence-electron chi connectivity index (χ2n) is 5.68. The Labute approximate surface area is 140 Å². The van der Waals surface area contributed by atoms with Crippen LogP contribution < -0.4 is 10.6 Å². The third kappa shape index (κ3) is 5.05. The summed E-state index contributed by atoms with van der Waals surface area (Å²) in [5.41, 5.74) is 1.25. The van der Waals surface area contributed by atoms with Crippen molar-refractivity contribution in [1.82, 2.24) is 5.32 Å². The molecule has 0 saturated heterocycles. The van der Waals surface area contributed by atoms with Gasteiger partial charge in [0, 0.05) is 11.1 Å². The fraction of sp³-hybridized carbons (Fsp3) is 0.278. The molecule has 3 nitrogen and oxygen atoms in total. The topological polar surface area (TPSA) is 41.1 Å². The molecule has 2 aromatic carbocycles. The molecule has 0 aliphatic heterocycles. The Morgan fingerprint density at radius 3 is 2.39 bits per heavy atom. The predicted octanol–water partition coefficient (Wildman–Crippen LogP) is 4.40. The maximum Gasteiger partial charge on any atom is 0.238 e. The standard InChI is InChI=1S/C18H20ClFN2O/c1-12(2)18(13-7-9-14(19)10-8-13)21-11-17(23)22-16-6-4-3-5-15(16)20/h3-10,12,18,21H,11H2,1-2H3,(H,22,23)/t18-/m1/s1. The maximum absolute atomic E-state index is 13.5. The summed E-state index contributed by atoms with van der Waals surface area (Å²) in [6.07, 6.45) is 0. The van der Waals surface area contributed by atoms with E-state index in [9.17, 15) is 9.18 Å². The number of halogens is 2. The minimum absolute atomic E-state index is 0.0126. The van der Waals surface area contributed by atoms with Crippen LogP contribution in [0.25, 0.3) is 0 Å².